The molecule has 0 aliphatic heterocycles. The van der Waals surface area contributed by atoms with Crippen LogP contribution in [0.2, 0.25) is 0 Å². The van der Waals surface area contributed by atoms with Crippen LogP contribution in [-0.2, 0) is 38.4 Å². The molecular formula is C35H65N9O9. The molecule has 0 spiro atoms. The molecule has 304 valence electrons. The highest BCUT2D eigenvalue weighted by molar-refractivity contribution is 5.96. The van der Waals surface area contributed by atoms with Crippen LogP contribution in [0, 0.1) is 23.7 Å². The van der Waals surface area contributed by atoms with E-state index in [1.165, 1.54) is 0 Å². The number of carboxylic acids is 1. The van der Waals surface area contributed by atoms with Crippen molar-refractivity contribution in [3.63, 3.8) is 0 Å². The first kappa shape index (κ1) is 48.7. The molecule has 0 aromatic carbocycles. The van der Waals surface area contributed by atoms with Crippen LogP contribution < -0.4 is 49.1 Å². The molecule has 18 heteroatoms. The van der Waals surface area contributed by atoms with E-state index in [0.29, 0.717) is 32.2 Å². The maximum Gasteiger partial charge on any atom is 0.326 e. The molecule has 0 saturated heterocycles. The molecule has 0 saturated carbocycles. The molecule has 7 amide bonds. The molecule has 0 bridgehead atoms. The molecule has 18 nitrogen and oxygen atoms in total. The van der Waals surface area contributed by atoms with E-state index in [1.54, 1.807) is 27.7 Å². The SMILES string of the molecule is CC[C@H](C)[C@@H](NC(=O)[C@H](N)CC(N)=O)C(=O)N[C@@H](C(=O)NCC(=O)N[C@H](CC(C)C)C(=O)N[C@H](CCCCN)C(=O)N[C@@H](C(=O)O)C(C)C)[C@@H](C)CC. The van der Waals surface area contributed by atoms with Gasteiger partial charge in [0.2, 0.25) is 41.4 Å². The van der Waals surface area contributed by atoms with E-state index < -0.39 is 108 Å². The van der Waals surface area contributed by atoms with Crippen LogP contribution in [0.1, 0.15) is 100 Å². The van der Waals surface area contributed by atoms with Crippen molar-refractivity contribution in [2.45, 2.75) is 137 Å². The van der Waals surface area contributed by atoms with Gasteiger partial charge in [-0.15, -0.1) is 0 Å². The number of aliphatic carboxylic acids is 1. The third-order valence-corrected chi connectivity index (χ3v) is 8.94. The van der Waals surface area contributed by atoms with Gasteiger partial charge >= 0.3 is 5.97 Å². The number of amides is 7. The van der Waals surface area contributed by atoms with Gasteiger partial charge in [-0.1, -0.05) is 68.2 Å². The van der Waals surface area contributed by atoms with E-state index in [9.17, 15) is 43.5 Å². The topological polar surface area (TPSA) is 307 Å². The lowest BCUT2D eigenvalue weighted by Crippen LogP contribution is -2.60. The minimum absolute atomic E-state index is 0.0724. The molecule has 0 radical (unpaired) electrons. The van der Waals surface area contributed by atoms with Crippen LogP contribution in [0.5, 0.6) is 0 Å². The minimum atomic E-state index is -1.27. The molecule has 0 heterocycles. The molecule has 0 aromatic heterocycles. The summed E-state index contributed by atoms with van der Waals surface area (Å²) in [5, 5.41) is 25.0. The van der Waals surface area contributed by atoms with E-state index >= 15 is 0 Å². The molecule has 0 fully saturated rings. The van der Waals surface area contributed by atoms with Crippen LogP contribution in [0.15, 0.2) is 0 Å². The van der Waals surface area contributed by atoms with Gasteiger partial charge in [0.05, 0.1) is 19.0 Å². The van der Waals surface area contributed by atoms with E-state index in [0.717, 1.165) is 0 Å². The molecule has 0 unspecified atom stereocenters. The number of carbonyl (C=O) groups excluding carboxylic acids is 7. The van der Waals surface area contributed by atoms with Gasteiger partial charge in [0.1, 0.15) is 30.2 Å². The lowest BCUT2D eigenvalue weighted by Gasteiger charge is -2.29. The van der Waals surface area contributed by atoms with Gasteiger partial charge in [0, 0.05) is 0 Å². The predicted octanol–water partition coefficient (Wildman–Crippen LogP) is -1.26. The fraction of sp³-hybridized carbons (Fsp3) is 0.771. The molecule has 0 rings (SSSR count). The molecule has 53 heavy (non-hydrogen) atoms. The lowest BCUT2D eigenvalue weighted by atomic mass is 9.94. The molecule has 0 aliphatic rings. The smallest absolute Gasteiger partial charge is 0.326 e. The Balaban J connectivity index is 5.87. The lowest BCUT2D eigenvalue weighted by molar-refractivity contribution is -0.143. The number of unbranched alkanes of at least 4 members (excludes halogenated alkanes) is 1. The third-order valence-electron chi connectivity index (χ3n) is 8.94. The summed E-state index contributed by atoms with van der Waals surface area (Å²) in [4.78, 5) is 102. The second kappa shape index (κ2) is 24.8. The van der Waals surface area contributed by atoms with E-state index in [2.05, 4.69) is 31.9 Å². The summed E-state index contributed by atoms with van der Waals surface area (Å²) < 4.78 is 0. The van der Waals surface area contributed by atoms with Gasteiger partial charge in [0.25, 0.3) is 0 Å². The van der Waals surface area contributed by atoms with Crippen LogP contribution in [0.25, 0.3) is 0 Å². The van der Waals surface area contributed by atoms with Crippen molar-refractivity contribution in [3.8, 4) is 0 Å². The van der Waals surface area contributed by atoms with Gasteiger partial charge in [0.15, 0.2) is 0 Å². The number of hydrogen-bond acceptors (Lipinski definition) is 10. The summed E-state index contributed by atoms with van der Waals surface area (Å²) in [6.45, 7) is 13.8. The average Bonchev–Trinajstić information content (AvgIpc) is 3.08. The third kappa shape index (κ3) is 18.3. The van der Waals surface area contributed by atoms with Crippen LogP contribution >= 0.6 is 0 Å². The predicted molar refractivity (Wildman–Crippen MR) is 198 cm³/mol. The van der Waals surface area contributed by atoms with Crippen molar-refractivity contribution in [2.75, 3.05) is 13.1 Å². The van der Waals surface area contributed by atoms with Crippen molar-refractivity contribution in [1.29, 1.82) is 0 Å². The number of primary amides is 1. The first-order valence-corrected chi connectivity index (χ1v) is 18.5. The Kier molecular flexibility index (Phi) is 22.8. The van der Waals surface area contributed by atoms with Crippen molar-refractivity contribution in [2.24, 2.45) is 40.9 Å². The summed E-state index contributed by atoms with van der Waals surface area (Å²) in [5.41, 5.74) is 16.5. The minimum Gasteiger partial charge on any atom is -0.480 e. The van der Waals surface area contributed by atoms with Gasteiger partial charge in [-0.3, -0.25) is 33.6 Å². The molecular weight excluding hydrogens is 690 g/mol. The quantitative estimate of drug-likeness (QED) is 0.0465. The molecule has 8 atom stereocenters. The molecule has 0 aliphatic carbocycles. The largest absolute Gasteiger partial charge is 0.480 e. The van der Waals surface area contributed by atoms with Crippen molar-refractivity contribution in [3.05, 3.63) is 0 Å². The van der Waals surface area contributed by atoms with E-state index in [4.69, 9.17) is 17.2 Å². The Labute approximate surface area is 313 Å². The van der Waals surface area contributed by atoms with E-state index in [1.807, 2.05) is 27.7 Å². The summed E-state index contributed by atoms with van der Waals surface area (Å²) in [5.74, 6) is -7.43. The van der Waals surface area contributed by atoms with Crippen LogP contribution in [-0.4, -0.2) is 102 Å². The number of nitrogens with two attached hydrogens (primary N) is 3. The molecule has 0 aromatic rings. The van der Waals surface area contributed by atoms with Gasteiger partial charge in [-0.25, -0.2) is 4.79 Å². The summed E-state index contributed by atoms with van der Waals surface area (Å²) >= 11 is 0. The fourth-order valence-corrected chi connectivity index (χ4v) is 5.24. The summed E-state index contributed by atoms with van der Waals surface area (Å²) in [7, 11) is 0. The van der Waals surface area contributed by atoms with Gasteiger partial charge in [-0.2, -0.15) is 0 Å². The fourth-order valence-electron chi connectivity index (χ4n) is 5.24. The molecule has 13 N–H and O–H groups in total. The zero-order valence-electron chi connectivity index (χ0n) is 32.6. The Morgan fingerprint density at radius 3 is 1.62 bits per heavy atom. The standard InChI is InChI=1S/C35H65N9O9/c1-9-20(7)28(44-34(51)29(21(8)10-2)43-30(47)22(37)16-25(38)45)33(50)39-17-26(46)40-24(15-18(3)4)32(49)41-23(13-11-12-14-36)31(48)42-27(19(5)6)35(52)53/h18-24,27-29H,9-17,36-37H2,1-8H3,(H2,38,45)(H,39,50)(H,40,46)(H,41,49)(H,42,48)(H,43,47)(H,44,51)(H,52,53)/t20-,21-,22+,23+,24+,27+,28+,29+/m0/s1. The van der Waals surface area contributed by atoms with Gasteiger partial charge < -0.3 is 54.2 Å². The second-order valence-electron chi connectivity index (χ2n) is 14.4. The number of hydrogen-bond donors (Lipinski definition) is 10. The number of rotatable bonds is 26. The zero-order valence-corrected chi connectivity index (χ0v) is 32.6. The highest BCUT2D eigenvalue weighted by Crippen LogP contribution is 2.13. The average molecular weight is 756 g/mol. The summed E-state index contributed by atoms with van der Waals surface area (Å²) in [6.07, 6.45) is 1.93. The second-order valence-corrected chi connectivity index (χ2v) is 14.4. The number of nitrogens with one attached hydrogen (secondary N) is 6. The Morgan fingerprint density at radius 2 is 1.15 bits per heavy atom. The van der Waals surface area contributed by atoms with Crippen molar-refractivity contribution >= 4 is 47.3 Å². The van der Waals surface area contributed by atoms with Crippen LogP contribution in [0.3, 0.4) is 0 Å². The van der Waals surface area contributed by atoms with Crippen molar-refractivity contribution in [1.82, 2.24) is 31.9 Å². The van der Waals surface area contributed by atoms with Gasteiger partial charge in [-0.05, 0) is 55.9 Å². The Bertz CT molecular complexity index is 1250. The number of carbonyl (C=O) groups is 8. The Hall–Kier alpha value is -4.32. The first-order valence-electron chi connectivity index (χ1n) is 18.5. The zero-order chi connectivity index (χ0) is 41.0. The normalized spacial score (nSPS) is 15.8. The highest BCUT2D eigenvalue weighted by Gasteiger charge is 2.34. The first-order chi connectivity index (χ1) is 24.7. The van der Waals surface area contributed by atoms with Crippen LogP contribution in [0.4, 0.5) is 0 Å². The maximum atomic E-state index is 13.5. The number of carboxylic acid groups (broad SMARTS) is 1. The highest BCUT2D eigenvalue weighted by atomic mass is 16.4. The monoisotopic (exact) mass is 755 g/mol. The Morgan fingerprint density at radius 1 is 0.642 bits per heavy atom. The maximum absolute atomic E-state index is 13.5. The summed E-state index contributed by atoms with van der Waals surface area (Å²) in [6, 6.07) is -6.84. The van der Waals surface area contributed by atoms with E-state index in [-0.39, 0.29) is 24.7 Å². The van der Waals surface area contributed by atoms with Crippen molar-refractivity contribution < 1.29 is 43.5 Å².